The van der Waals surface area contributed by atoms with E-state index in [-0.39, 0.29) is 6.42 Å². The van der Waals surface area contributed by atoms with Gasteiger partial charge in [0.25, 0.3) is 0 Å². The molecule has 0 aliphatic carbocycles. The molecule has 3 N–H and O–H groups in total. The Hall–Kier alpha value is -1.55. The van der Waals surface area contributed by atoms with E-state index in [2.05, 4.69) is 37.8 Å². The number of nitrogens with two attached hydrogens (primary N) is 1. The minimum Gasteiger partial charge on any atom is -0.481 e. The molecule has 0 aliphatic rings. The summed E-state index contributed by atoms with van der Waals surface area (Å²) in [6.45, 7) is 7.87. The molecule has 0 unspecified atom stereocenters. The third-order valence-electron chi connectivity index (χ3n) is 2.95. The van der Waals surface area contributed by atoms with E-state index in [0.29, 0.717) is 19.6 Å². The number of aryl methyl sites for hydroxylation is 3. The Labute approximate surface area is 108 Å². The molecule has 0 heterocycles. The lowest BCUT2D eigenvalue weighted by atomic mass is 10.0. The standard InChI is InChI=1S/C14H22N2O2/c1-10-8-11(2)14(12(3)9-10)16(7-5-15)6-4-13(17)18/h8-9H,4-7,15H2,1-3H3,(H,17,18). The fourth-order valence-electron chi connectivity index (χ4n) is 2.39. The number of aliphatic carboxylic acids is 1. The molecule has 0 aliphatic heterocycles. The Morgan fingerprint density at radius 2 is 1.78 bits per heavy atom. The van der Waals surface area contributed by atoms with Crippen LogP contribution in [0.25, 0.3) is 0 Å². The molecule has 0 amide bonds. The average Bonchev–Trinajstić information content (AvgIpc) is 2.24. The Kier molecular flexibility index (Phi) is 5.16. The van der Waals surface area contributed by atoms with Gasteiger partial charge >= 0.3 is 5.97 Å². The lowest BCUT2D eigenvalue weighted by Gasteiger charge is -2.27. The molecule has 0 saturated heterocycles. The smallest absolute Gasteiger partial charge is 0.305 e. The number of hydrogen-bond donors (Lipinski definition) is 2. The molecule has 100 valence electrons. The Balaban J connectivity index is 3.01. The summed E-state index contributed by atoms with van der Waals surface area (Å²) < 4.78 is 0. The number of anilines is 1. The van der Waals surface area contributed by atoms with Crippen LogP contribution in [0.2, 0.25) is 0 Å². The van der Waals surface area contributed by atoms with Gasteiger partial charge in [-0.15, -0.1) is 0 Å². The minimum atomic E-state index is -0.778. The molecule has 18 heavy (non-hydrogen) atoms. The molecule has 0 bridgehead atoms. The Bertz CT molecular complexity index is 407. The van der Waals surface area contributed by atoms with E-state index < -0.39 is 5.97 Å². The first-order valence-electron chi connectivity index (χ1n) is 6.20. The maximum absolute atomic E-state index is 10.7. The fraction of sp³-hybridized carbons (Fsp3) is 0.500. The second kappa shape index (κ2) is 6.40. The van der Waals surface area contributed by atoms with Crippen molar-refractivity contribution in [2.45, 2.75) is 27.2 Å². The van der Waals surface area contributed by atoms with Crippen molar-refractivity contribution in [1.29, 1.82) is 0 Å². The lowest BCUT2D eigenvalue weighted by molar-refractivity contribution is -0.136. The van der Waals surface area contributed by atoms with Crippen molar-refractivity contribution in [2.24, 2.45) is 5.73 Å². The van der Waals surface area contributed by atoms with E-state index in [1.807, 2.05) is 0 Å². The predicted molar refractivity (Wildman–Crippen MR) is 74.2 cm³/mol. The summed E-state index contributed by atoms with van der Waals surface area (Å²) >= 11 is 0. The summed E-state index contributed by atoms with van der Waals surface area (Å²) in [5.74, 6) is -0.778. The molecular formula is C14H22N2O2. The highest BCUT2D eigenvalue weighted by Gasteiger charge is 2.13. The van der Waals surface area contributed by atoms with Crippen molar-refractivity contribution in [3.05, 3.63) is 28.8 Å². The van der Waals surface area contributed by atoms with Crippen LogP contribution in [0, 0.1) is 20.8 Å². The molecule has 0 atom stereocenters. The van der Waals surface area contributed by atoms with Crippen LogP contribution in [0.5, 0.6) is 0 Å². The maximum atomic E-state index is 10.7. The van der Waals surface area contributed by atoms with Gasteiger partial charge in [0.05, 0.1) is 6.42 Å². The van der Waals surface area contributed by atoms with E-state index >= 15 is 0 Å². The van der Waals surface area contributed by atoms with E-state index in [9.17, 15) is 4.79 Å². The van der Waals surface area contributed by atoms with Crippen LogP contribution in [-0.2, 0) is 4.79 Å². The molecule has 1 aromatic carbocycles. The van der Waals surface area contributed by atoms with Crippen LogP contribution in [0.3, 0.4) is 0 Å². The molecule has 0 saturated carbocycles. The van der Waals surface area contributed by atoms with Gasteiger partial charge in [-0.05, 0) is 31.9 Å². The van der Waals surface area contributed by atoms with Crippen molar-refractivity contribution in [2.75, 3.05) is 24.5 Å². The van der Waals surface area contributed by atoms with Crippen molar-refractivity contribution >= 4 is 11.7 Å². The number of carbonyl (C=O) groups is 1. The minimum absolute atomic E-state index is 0.132. The normalized spacial score (nSPS) is 10.4. The van der Waals surface area contributed by atoms with Gasteiger partial charge < -0.3 is 15.7 Å². The third-order valence-corrected chi connectivity index (χ3v) is 2.95. The van der Waals surface area contributed by atoms with Crippen molar-refractivity contribution < 1.29 is 9.90 Å². The third kappa shape index (κ3) is 3.74. The zero-order chi connectivity index (χ0) is 13.7. The topological polar surface area (TPSA) is 66.6 Å². The number of benzene rings is 1. The van der Waals surface area contributed by atoms with Gasteiger partial charge in [-0.1, -0.05) is 17.7 Å². The van der Waals surface area contributed by atoms with E-state index in [0.717, 1.165) is 5.69 Å². The molecule has 0 radical (unpaired) electrons. The van der Waals surface area contributed by atoms with Gasteiger partial charge in [0, 0.05) is 25.3 Å². The van der Waals surface area contributed by atoms with Crippen LogP contribution in [0.15, 0.2) is 12.1 Å². The summed E-state index contributed by atoms with van der Waals surface area (Å²) in [4.78, 5) is 12.8. The van der Waals surface area contributed by atoms with Crippen LogP contribution >= 0.6 is 0 Å². The highest BCUT2D eigenvalue weighted by molar-refractivity contribution is 5.68. The molecule has 1 rings (SSSR count). The van der Waals surface area contributed by atoms with E-state index in [1.54, 1.807) is 0 Å². The SMILES string of the molecule is Cc1cc(C)c(N(CCN)CCC(=O)O)c(C)c1. The Morgan fingerprint density at radius 3 is 2.22 bits per heavy atom. The van der Waals surface area contributed by atoms with E-state index in [4.69, 9.17) is 10.8 Å². The Morgan fingerprint density at radius 1 is 1.22 bits per heavy atom. The molecule has 0 spiro atoms. The van der Waals surface area contributed by atoms with Gasteiger partial charge in [-0.2, -0.15) is 0 Å². The average molecular weight is 250 g/mol. The lowest BCUT2D eigenvalue weighted by Crippen LogP contribution is -2.32. The van der Waals surface area contributed by atoms with Gasteiger partial charge in [0.15, 0.2) is 0 Å². The molecule has 4 nitrogen and oxygen atoms in total. The van der Waals surface area contributed by atoms with Crippen molar-refractivity contribution in [1.82, 2.24) is 0 Å². The molecular weight excluding hydrogens is 228 g/mol. The summed E-state index contributed by atoms with van der Waals surface area (Å²) in [7, 11) is 0. The second-order valence-corrected chi connectivity index (χ2v) is 4.67. The fourth-order valence-corrected chi connectivity index (χ4v) is 2.39. The second-order valence-electron chi connectivity index (χ2n) is 4.67. The summed E-state index contributed by atoms with van der Waals surface area (Å²) in [5, 5.41) is 8.80. The zero-order valence-electron chi connectivity index (χ0n) is 11.4. The number of carboxylic acids is 1. The highest BCUT2D eigenvalue weighted by Crippen LogP contribution is 2.26. The zero-order valence-corrected chi connectivity index (χ0v) is 11.4. The largest absolute Gasteiger partial charge is 0.481 e. The molecule has 0 aromatic heterocycles. The first-order valence-corrected chi connectivity index (χ1v) is 6.20. The number of rotatable bonds is 6. The molecule has 1 aromatic rings. The molecule has 4 heteroatoms. The quantitative estimate of drug-likeness (QED) is 0.808. The number of hydrogen-bond acceptors (Lipinski definition) is 3. The highest BCUT2D eigenvalue weighted by atomic mass is 16.4. The summed E-state index contributed by atoms with van der Waals surface area (Å²) in [5.41, 5.74) is 10.3. The predicted octanol–water partition coefficient (Wildman–Crippen LogP) is 1.85. The van der Waals surface area contributed by atoms with Crippen LogP contribution in [-0.4, -0.2) is 30.7 Å². The number of nitrogens with zero attached hydrogens (tertiary/aromatic N) is 1. The van der Waals surface area contributed by atoms with Crippen molar-refractivity contribution in [3.8, 4) is 0 Å². The summed E-state index contributed by atoms with van der Waals surface area (Å²) in [6.07, 6.45) is 0.132. The van der Waals surface area contributed by atoms with Gasteiger partial charge in [-0.3, -0.25) is 4.79 Å². The van der Waals surface area contributed by atoms with Crippen LogP contribution < -0.4 is 10.6 Å². The molecule has 0 fully saturated rings. The van der Waals surface area contributed by atoms with E-state index in [1.165, 1.54) is 16.7 Å². The monoisotopic (exact) mass is 250 g/mol. The van der Waals surface area contributed by atoms with Gasteiger partial charge in [0.2, 0.25) is 0 Å². The first-order chi connectivity index (χ1) is 8.45. The summed E-state index contributed by atoms with van der Waals surface area (Å²) in [6, 6.07) is 4.24. The maximum Gasteiger partial charge on any atom is 0.305 e. The van der Waals surface area contributed by atoms with Gasteiger partial charge in [0.1, 0.15) is 0 Å². The van der Waals surface area contributed by atoms with Crippen LogP contribution in [0.1, 0.15) is 23.1 Å². The van der Waals surface area contributed by atoms with Crippen molar-refractivity contribution in [3.63, 3.8) is 0 Å². The van der Waals surface area contributed by atoms with Gasteiger partial charge in [-0.25, -0.2) is 0 Å². The van der Waals surface area contributed by atoms with Crippen LogP contribution in [0.4, 0.5) is 5.69 Å². The number of carboxylic acid groups (broad SMARTS) is 1. The first kappa shape index (κ1) is 14.5.